The summed E-state index contributed by atoms with van der Waals surface area (Å²) in [5, 5.41) is 0. The Morgan fingerprint density at radius 3 is 2.00 bits per heavy atom. The Hall–Kier alpha value is -1.25. The lowest BCUT2D eigenvalue weighted by Crippen LogP contribution is -2.37. The van der Waals surface area contributed by atoms with Gasteiger partial charge in [0.1, 0.15) is 5.76 Å². The Labute approximate surface area is 110 Å². The molecule has 1 amide bonds. The summed E-state index contributed by atoms with van der Waals surface area (Å²) in [7, 11) is 0. The van der Waals surface area contributed by atoms with E-state index in [-0.39, 0.29) is 5.91 Å². The van der Waals surface area contributed by atoms with Crippen LogP contribution in [0.15, 0.2) is 10.7 Å². The predicted octanol–water partition coefficient (Wildman–Crippen LogP) is 3.65. The van der Waals surface area contributed by atoms with Gasteiger partial charge in [-0.05, 0) is 25.7 Å². The minimum atomic E-state index is 0.0983. The van der Waals surface area contributed by atoms with Gasteiger partial charge in [-0.2, -0.15) is 0 Å². The second-order valence-corrected chi connectivity index (χ2v) is 5.85. The van der Waals surface area contributed by atoms with Crippen LogP contribution in [0.2, 0.25) is 0 Å². The topological polar surface area (TPSA) is 33.5 Å². The lowest BCUT2D eigenvalue weighted by atomic mass is 10.1. The smallest absolute Gasteiger partial charge is 0.257 e. The fourth-order valence-corrected chi connectivity index (χ4v) is 2.17. The molecule has 0 atom stereocenters. The molecule has 1 heterocycles. The number of amides is 1. The summed E-state index contributed by atoms with van der Waals surface area (Å²) >= 11 is 0. The quantitative estimate of drug-likeness (QED) is 0.800. The lowest BCUT2D eigenvalue weighted by molar-refractivity contribution is 0.0712. The maximum atomic E-state index is 12.6. The summed E-state index contributed by atoms with van der Waals surface area (Å²) in [4.78, 5) is 14.5. The number of rotatable bonds is 5. The molecule has 0 aromatic carbocycles. The molecule has 102 valence electrons. The SMILES string of the molecule is Cc1coc(C)c1C(=O)N(CC(C)C)CC(C)C. The van der Waals surface area contributed by atoms with E-state index in [4.69, 9.17) is 4.42 Å². The van der Waals surface area contributed by atoms with Crippen LogP contribution in [0, 0.1) is 25.7 Å². The molecule has 0 saturated carbocycles. The van der Waals surface area contributed by atoms with E-state index in [0.717, 1.165) is 30.0 Å². The Kier molecular flexibility index (Phi) is 5.00. The highest BCUT2D eigenvalue weighted by Crippen LogP contribution is 2.19. The van der Waals surface area contributed by atoms with Crippen LogP contribution in [0.3, 0.4) is 0 Å². The van der Waals surface area contributed by atoms with Gasteiger partial charge in [0.05, 0.1) is 11.8 Å². The molecule has 3 heteroatoms. The van der Waals surface area contributed by atoms with Crippen LogP contribution >= 0.6 is 0 Å². The molecule has 0 N–H and O–H groups in total. The fraction of sp³-hybridized carbons (Fsp3) is 0.667. The first-order valence-corrected chi connectivity index (χ1v) is 6.66. The van der Waals surface area contributed by atoms with Crippen LogP contribution in [0.1, 0.15) is 49.4 Å². The average Bonchev–Trinajstić information content (AvgIpc) is 2.55. The zero-order valence-electron chi connectivity index (χ0n) is 12.4. The van der Waals surface area contributed by atoms with Crippen molar-refractivity contribution in [2.45, 2.75) is 41.5 Å². The van der Waals surface area contributed by atoms with Crippen molar-refractivity contribution in [1.29, 1.82) is 0 Å². The second kappa shape index (κ2) is 6.07. The van der Waals surface area contributed by atoms with Gasteiger partial charge in [0.15, 0.2) is 0 Å². The van der Waals surface area contributed by atoms with Crippen LogP contribution < -0.4 is 0 Å². The van der Waals surface area contributed by atoms with Gasteiger partial charge in [-0.3, -0.25) is 4.79 Å². The van der Waals surface area contributed by atoms with Gasteiger partial charge in [-0.25, -0.2) is 0 Å². The first-order valence-electron chi connectivity index (χ1n) is 6.66. The third kappa shape index (κ3) is 3.62. The molecule has 1 rings (SSSR count). The average molecular weight is 251 g/mol. The van der Waals surface area contributed by atoms with E-state index in [2.05, 4.69) is 27.7 Å². The molecule has 0 spiro atoms. The number of carbonyl (C=O) groups excluding carboxylic acids is 1. The van der Waals surface area contributed by atoms with Crippen molar-refractivity contribution >= 4 is 5.91 Å². The molecule has 0 unspecified atom stereocenters. The van der Waals surface area contributed by atoms with E-state index in [1.54, 1.807) is 6.26 Å². The summed E-state index contributed by atoms with van der Waals surface area (Å²) < 4.78 is 5.33. The summed E-state index contributed by atoms with van der Waals surface area (Å²) in [6, 6.07) is 0. The number of aryl methyl sites for hydroxylation is 2. The van der Waals surface area contributed by atoms with Crippen LogP contribution in [0.25, 0.3) is 0 Å². The van der Waals surface area contributed by atoms with Crippen molar-refractivity contribution in [2.24, 2.45) is 11.8 Å². The van der Waals surface area contributed by atoms with Crippen molar-refractivity contribution in [3.05, 3.63) is 23.2 Å². The van der Waals surface area contributed by atoms with Crippen molar-refractivity contribution in [3.8, 4) is 0 Å². The van der Waals surface area contributed by atoms with Crippen LogP contribution in [0.5, 0.6) is 0 Å². The van der Waals surface area contributed by atoms with E-state index in [0.29, 0.717) is 11.8 Å². The van der Waals surface area contributed by atoms with E-state index in [1.165, 1.54) is 0 Å². The third-order valence-corrected chi connectivity index (χ3v) is 2.83. The van der Waals surface area contributed by atoms with Crippen molar-refractivity contribution in [2.75, 3.05) is 13.1 Å². The normalized spacial score (nSPS) is 11.3. The maximum Gasteiger partial charge on any atom is 0.257 e. The van der Waals surface area contributed by atoms with E-state index in [1.807, 2.05) is 18.7 Å². The van der Waals surface area contributed by atoms with Crippen molar-refractivity contribution < 1.29 is 9.21 Å². The molecule has 0 aliphatic heterocycles. The van der Waals surface area contributed by atoms with Gasteiger partial charge in [-0.1, -0.05) is 27.7 Å². The summed E-state index contributed by atoms with van der Waals surface area (Å²) in [5.74, 6) is 1.76. The molecular formula is C15H25NO2. The number of nitrogens with zero attached hydrogens (tertiary/aromatic N) is 1. The summed E-state index contributed by atoms with van der Waals surface area (Å²) in [6.45, 7) is 13.9. The fourth-order valence-electron chi connectivity index (χ4n) is 2.17. The molecule has 0 radical (unpaired) electrons. The van der Waals surface area contributed by atoms with Gasteiger partial charge in [0, 0.05) is 18.7 Å². The zero-order chi connectivity index (χ0) is 13.9. The highest BCUT2D eigenvalue weighted by atomic mass is 16.3. The van der Waals surface area contributed by atoms with Gasteiger partial charge >= 0.3 is 0 Å². The van der Waals surface area contributed by atoms with E-state index < -0.39 is 0 Å². The van der Waals surface area contributed by atoms with E-state index in [9.17, 15) is 4.79 Å². The van der Waals surface area contributed by atoms with Crippen molar-refractivity contribution in [1.82, 2.24) is 4.90 Å². The number of hydrogen-bond acceptors (Lipinski definition) is 2. The lowest BCUT2D eigenvalue weighted by Gasteiger charge is -2.26. The Morgan fingerprint density at radius 1 is 1.17 bits per heavy atom. The van der Waals surface area contributed by atoms with Crippen molar-refractivity contribution in [3.63, 3.8) is 0 Å². The van der Waals surface area contributed by atoms with Crippen LogP contribution in [-0.4, -0.2) is 23.9 Å². The molecule has 0 aliphatic rings. The molecule has 3 nitrogen and oxygen atoms in total. The monoisotopic (exact) mass is 251 g/mol. The second-order valence-electron chi connectivity index (χ2n) is 5.85. The molecule has 0 fully saturated rings. The zero-order valence-corrected chi connectivity index (χ0v) is 12.4. The van der Waals surface area contributed by atoms with Gasteiger partial charge < -0.3 is 9.32 Å². The van der Waals surface area contributed by atoms with E-state index >= 15 is 0 Å². The molecular weight excluding hydrogens is 226 g/mol. The van der Waals surface area contributed by atoms with Gasteiger partial charge in [-0.15, -0.1) is 0 Å². The van der Waals surface area contributed by atoms with Gasteiger partial charge in [0.25, 0.3) is 5.91 Å². The number of carbonyl (C=O) groups is 1. The third-order valence-electron chi connectivity index (χ3n) is 2.83. The molecule has 0 saturated heterocycles. The molecule has 18 heavy (non-hydrogen) atoms. The minimum absolute atomic E-state index is 0.0983. The molecule has 0 bridgehead atoms. The highest BCUT2D eigenvalue weighted by Gasteiger charge is 2.23. The van der Waals surface area contributed by atoms with Gasteiger partial charge in [0.2, 0.25) is 0 Å². The molecule has 1 aromatic heterocycles. The van der Waals surface area contributed by atoms with Crippen LogP contribution in [-0.2, 0) is 0 Å². The Balaban J connectivity index is 2.95. The largest absolute Gasteiger partial charge is 0.469 e. The standard InChI is InChI=1S/C15H25NO2/c1-10(2)7-16(8-11(3)4)15(17)14-12(5)9-18-13(14)6/h9-11H,7-8H2,1-6H3. The number of furan rings is 1. The Bertz CT molecular complexity index is 375. The van der Waals surface area contributed by atoms with Crippen LogP contribution in [0.4, 0.5) is 0 Å². The maximum absolute atomic E-state index is 12.6. The Morgan fingerprint density at radius 2 is 1.67 bits per heavy atom. The molecule has 0 aliphatic carbocycles. The number of hydrogen-bond donors (Lipinski definition) is 0. The minimum Gasteiger partial charge on any atom is -0.469 e. The predicted molar refractivity (Wildman–Crippen MR) is 73.8 cm³/mol. The first-order chi connectivity index (χ1) is 8.32. The first kappa shape index (κ1) is 14.8. The summed E-state index contributed by atoms with van der Waals surface area (Å²) in [6.07, 6.45) is 1.66. The summed E-state index contributed by atoms with van der Waals surface area (Å²) in [5.41, 5.74) is 1.66. The molecule has 1 aromatic rings. The highest BCUT2D eigenvalue weighted by molar-refractivity contribution is 5.96.